The smallest absolute Gasteiger partial charge is 0.240 e. The van der Waals surface area contributed by atoms with Gasteiger partial charge in [0.15, 0.2) is 0 Å². The summed E-state index contributed by atoms with van der Waals surface area (Å²) in [5.74, 6) is -0.231. The number of benzene rings is 2. The zero-order chi connectivity index (χ0) is 15.9. The molecule has 0 aromatic heterocycles. The Morgan fingerprint density at radius 3 is 2.45 bits per heavy atom. The topological polar surface area (TPSA) is 23.6 Å². The lowest BCUT2D eigenvalue weighted by molar-refractivity contribution is -0.119. The Hall–Kier alpha value is -2.20. The Labute approximate surface area is 131 Å². The average Bonchev–Trinajstić information content (AvgIpc) is 2.54. The molecule has 0 unspecified atom stereocenters. The SMILES string of the molecule is CCN(CC(=O)N(C)c1ccccc1)Cc1cccc(F)c1. The number of rotatable bonds is 6. The quantitative estimate of drug-likeness (QED) is 0.817. The summed E-state index contributed by atoms with van der Waals surface area (Å²) in [5, 5.41) is 0. The molecule has 2 aromatic rings. The maximum atomic E-state index is 13.2. The van der Waals surface area contributed by atoms with Crippen molar-refractivity contribution in [2.75, 3.05) is 25.0 Å². The summed E-state index contributed by atoms with van der Waals surface area (Å²) in [6.07, 6.45) is 0. The van der Waals surface area contributed by atoms with Gasteiger partial charge >= 0.3 is 0 Å². The summed E-state index contributed by atoms with van der Waals surface area (Å²) in [6, 6.07) is 16.0. The Bertz CT molecular complexity index is 615. The predicted octanol–water partition coefficient (Wildman–Crippen LogP) is 3.31. The molecule has 0 atom stereocenters. The molecule has 0 bridgehead atoms. The third-order valence-electron chi connectivity index (χ3n) is 3.62. The first kappa shape index (κ1) is 16.2. The number of para-hydroxylation sites is 1. The molecule has 116 valence electrons. The fourth-order valence-electron chi connectivity index (χ4n) is 2.27. The standard InChI is InChI=1S/C18H21FN2O/c1-3-21(13-15-8-7-9-16(19)12-15)14-18(22)20(2)17-10-5-4-6-11-17/h4-12H,3,13-14H2,1-2H3. The van der Waals surface area contributed by atoms with Crippen molar-refractivity contribution in [3.63, 3.8) is 0 Å². The summed E-state index contributed by atoms with van der Waals surface area (Å²) in [6.45, 7) is 3.58. The fourth-order valence-corrected chi connectivity index (χ4v) is 2.27. The number of carbonyl (C=O) groups is 1. The van der Waals surface area contributed by atoms with Gasteiger partial charge in [-0.3, -0.25) is 9.69 Å². The molecule has 4 heteroatoms. The second-order valence-electron chi connectivity index (χ2n) is 5.22. The van der Waals surface area contributed by atoms with Crippen molar-refractivity contribution in [2.45, 2.75) is 13.5 Å². The van der Waals surface area contributed by atoms with Gasteiger partial charge in [-0.25, -0.2) is 4.39 Å². The zero-order valence-corrected chi connectivity index (χ0v) is 13.0. The minimum atomic E-state index is -0.249. The lowest BCUT2D eigenvalue weighted by Crippen LogP contribution is -2.38. The average molecular weight is 300 g/mol. The lowest BCUT2D eigenvalue weighted by atomic mass is 10.2. The van der Waals surface area contributed by atoms with E-state index in [1.54, 1.807) is 18.0 Å². The first-order chi connectivity index (χ1) is 10.6. The summed E-state index contributed by atoms with van der Waals surface area (Å²) >= 11 is 0. The van der Waals surface area contributed by atoms with Crippen molar-refractivity contribution in [3.8, 4) is 0 Å². The van der Waals surface area contributed by atoms with Crippen LogP contribution in [-0.4, -0.2) is 30.9 Å². The Morgan fingerprint density at radius 1 is 1.09 bits per heavy atom. The van der Waals surface area contributed by atoms with E-state index < -0.39 is 0 Å². The van der Waals surface area contributed by atoms with Crippen LogP contribution in [0.4, 0.5) is 10.1 Å². The highest BCUT2D eigenvalue weighted by molar-refractivity contribution is 5.94. The molecule has 0 aliphatic carbocycles. The summed E-state index contributed by atoms with van der Waals surface area (Å²) in [7, 11) is 1.77. The molecule has 22 heavy (non-hydrogen) atoms. The van der Waals surface area contributed by atoms with E-state index in [1.165, 1.54) is 12.1 Å². The predicted molar refractivity (Wildman–Crippen MR) is 87.2 cm³/mol. The first-order valence-corrected chi connectivity index (χ1v) is 7.38. The Balaban J connectivity index is 1.99. The van der Waals surface area contributed by atoms with Crippen LogP contribution in [0.15, 0.2) is 54.6 Å². The third-order valence-corrected chi connectivity index (χ3v) is 3.62. The van der Waals surface area contributed by atoms with Crippen molar-refractivity contribution in [1.29, 1.82) is 0 Å². The third kappa shape index (κ3) is 4.40. The second-order valence-corrected chi connectivity index (χ2v) is 5.22. The molecule has 2 aromatic carbocycles. The molecule has 0 aliphatic rings. The van der Waals surface area contributed by atoms with E-state index in [4.69, 9.17) is 0 Å². The van der Waals surface area contributed by atoms with Gasteiger partial charge < -0.3 is 4.90 Å². The van der Waals surface area contributed by atoms with Crippen molar-refractivity contribution in [1.82, 2.24) is 4.90 Å². The van der Waals surface area contributed by atoms with Crippen molar-refractivity contribution >= 4 is 11.6 Å². The molecule has 0 radical (unpaired) electrons. The van der Waals surface area contributed by atoms with Gasteiger partial charge in [-0.1, -0.05) is 37.3 Å². The maximum absolute atomic E-state index is 13.2. The van der Waals surface area contributed by atoms with Crippen LogP contribution in [-0.2, 0) is 11.3 Å². The number of amides is 1. The number of carbonyl (C=O) groups excluding carboxylic acids is 1. The highest BCUT2D eigenvalue weighted by Gasteiger charge is 2.15. The van der Waals surface area contributed by atoms with E-state index in [-0.39, 0.29) is 11.7 Å². The molecule has 0 aliphatic heterocycles. The number of anilines is 1. The van der Waals surface area contributed by atoms with Crippen LogP contribution >= 0.6 is 0 Å². The Kier molecular flexibility index (Phi) is 5.67. The van der Waals surface area contributed by atoms with Gasteiger partial charge in [-0.05, 0) is 36.4 Å². The first-order valence-electron chi connectivity index (χ1n) is 7.38. The van der Waals surface area contributed by atoms with Gasteiger partial charge in [0, 0.05) is 19.3 Å². The molecule has 0 saturated carbocycles. The van der Waals surface area contributed by atoms with E-state index in [9.17, 15) is 9.18 Å². The number of likely N-dealkylation sites (N-methyl/N-ethyl adjacent to an activating group) is 2. The van der Waals surface area contributed by atoms with Crippen LogP contribution in [0.1, 0.15) is 12.5 Å². The molecule has 0 fully saturated rings. The molecule has 0 spiro atoms. The molecule has 1 amide bonds. The van der Waals surface area contributed by atoms with Crippen LogP contribution < -0.4 is 4.90 Å². The van der Waals surface area contributed by atoms with Crippen molar-refractivity contribution < 1.29 is 9.18 Å². The van der Waals surface area contributed by atoms with E-state index in [1.807, 2.05) is 48.2 Å². The van der Waals surface area contributed by atoms with Gasteiger partial charge in [0.2, 0.25) is 5.91 Å². The molecule has 3 nitrogen and oxygen atoms in total. The van der Waals surface area contributed by atoms with Gasteiger partial charge in [0.25, 0.3) is 0 Å². The highest BCUT2D eigenvalue weighted by atomic mass is 19.1. The highest BCUT2D eigenvalue weighted by Crippen LogP contribution is 2.12. The monoisotopic (exact) mass is 300 g/mol. The largest absolute Gasteiger partial charge is 0.314 e. The Morgan fingerprint density at radius 2 is 1.82 bits per heavy atom. The van der Waals surface area contributed by atoms with E-state index in [0.717, 1.165) is 17.8 Å². The number of halogens is 1. The van der Waals surface area contributed by atoms with Gasteiger partial charge in [-0.2, -0.15) is 0 Å². The van der Waals surface area contributed by atoms with Crippen molar-refractivity contribution in [3.05, 3.63) is 66.0 Å². The molecular formula is C18H21FN2O. The summed E-state index contributed by atoms with van der Waals surface area (Å²) in [4.78, 5) is 16.0. The fraction of sp³-hybridized carbons (Fsp3) is 0.278. The maximum Gasteiger partial charge on any atom is 0.240 e. The molecule has 0 heterocycles. The van der Waals surface area contributed by atoms with Crippen molar-refractivity contribution in [2.24, 2.45) is 0 Å². The van der Waals surface area contributed by atoms with E-state index in [2.05, 4.69) is 0 Å². The second kappa shape index (κ2) is 7.71. The van der Waals surface area contributed by atoms with Crippen LogP contribution in [0.2, 0.25) is 0 Å². The molecule has 2 rings (SSSR count). The van der Waals surface area contributed by atoms with Crippen LogP contribution in [0.5, 0.6) is 0 Å². The number of nitrogens with zero attached hydrogens (tertiary/aromatic N) is 2. The number of hydrogen-bond acceptors (Lipinski definition) is 2. The molecule has 0 saturated heterocycles. The van der Waals surface area contributed by atoms with Crippen LogP contribution in [0, 0.1) is 5.82 Å². The van der Waals surface area contributed by atoms with E-state index >= 15 is 0 Å². The minimum Gasteiger partial charge on any atom is -0.314 e. The van der Waals surface area contributed by atoms with Crippen LogP contribution in [0.3, 0.4) is 0 Å². The summed E-state index contributed by atoms with van der Waals surface area (Å²) in [5.41, 5.74) is 1.74. The van der Waals surface area contributed by atoms with E-state index in [0.29, 0.717) is 13.1 Å². The van der Waals surface area contributed by atoms with Gasteiger partial charge in [0.1, 0.15) is 5.82 Å². The lowest BCUT2D eigenvalue weighted by Gasteiger charge is -2.24. The van der Waals surface area contributed by atoms with Crippen LogP contribution in [0.25, 0.3) is 0 Å². The van der Waals surface area contributed by atoms with Gasteiger partial charge in [0.05, 0.1) is 6.54 Å². The molecule has 0 N–H and O–H groups in total. The molecular weight excluding hydrogens is 279 g/mol. The summed E-state index contributed by atoms with van der Waals surface area (Å²) < 4.78 is 13.2. The van der Waals surface area contributed by atoms with Gasteiger partial charge in [-0.15, -0.1) is 0 Å². The minimum absolute atomic E-state index is 0.0180. The number of hydrogen-bond donors (Lipinski definition) is 0. The normalized spacial score (nSPS) is 10.7. The zero-order valence-electron chi connectivity index (χ0n) is 13.0.